The molecule has 0 radical (unpaired) electrons. The predicted molar refractivity (Wildman–Crippen MR) is 59.2 cm³/mol. The lowest BCUT2D eigenvalue weighted by molar-refractivity contribution is 0.765. The number of benzene rings is 1. The van der Waals surface area contributed by atoms with Gasteiger partial charge in [-0.2, -0.15) is 5.10 Å². The number of hydrogen-bond donors (Lipinski definition) is 1. The highest BCUT2D eigenvalue weighted by molar-refractivity contribution is 5.68. The highest BCUT2D eigenvalue weighted by Crippen LogP contribution is 2.28. The maximum absolute atomic E-state index is 4.21. The van der Waals surface area contributed by atoms with Crippen molar-refractivity contribution in [1.82, 2.24) is 15.1 Å². The van der Waals surface area contributed by atoms with Crippen LogP contribution in [-0.2, 0) is 20.1 Å². The first-order valence-corrected chi connectivity index (χ1v) is 5.15. The van der Waals surface area contributed by atoms with E-state index in [0.29, 0.717) is 0 Å². The van der Waals surface area contributed by atoms with Gasteiger partial charge in [0.05, 0.1) is 6.20 Å². The summed E-state index contributed by atoms with van der Waals surface area (Å²) in [5, 5.41) is 7.59. The smallest absolute Gasteiger partial charge is 0.0568 e. The van der Waals surface area contributed by atoms with Gasteiger partial charge in [0.25, 0.3) is 0 Å². The van der Waals surface area contributed by atoms with Gasteiger partial charge in [0.2, 0.25) is 0 Å². The standard InChI is InChI=1S/C12H13N3/c1-15-8-10(6-14-15)11-4-2-3-9-5-13-7-12(9)11/h2-4,6,8,13H,5,7H2,1H3. The van der Waals surface area contributed by atoms with E-state index >= 15 is 0 Å². The summed E-state index contributed by atoms with van der Waals surface area (Å²) in [6, 6.07) is 6.48. The third-order valence-electron chi connectivity index (χ3n) is 2.91. The fraction of sp³-hybridized carbons (Fsp3) is 0.250. The van der Waals surface area contributed by atoms with Crippen LogP contribution < -0.4 is 5.32 Å². The van der Waals surface area contributed by atoms with Crippen molar-refractivity contribution in [3.63, 3.8) is 0 Å². The molecule has 3 heteroatoms. The molecule has 3 rings (SSSR count). The Bertz CT molecular complexity index is 499. The molecule has 1 aromatic carbocycles. The molecule has 0 fully saturated rings. The molecule has 1 aliphatic heterocycles. The molecule has 0 atom stereocenters. The van der Waals surface area contributed by atoms with Gasteiger partial charge in [-0.15, -0.1) is 0 Å². The van der Waals surface area contributed by atoms with E-state index in [1.54, 1.807) is 0 Å². The second kappa shape index (κ2) is 3.21. The fourth-order valence-corrected chi connectivity index (χ4v) is 2.16. The third kappa shape index (κ3) is 1.36. The van der Waals surface area contributed by atoms with Crippen molar-refractivity contribution >= 4 is 0 Å². The lowest BCUT2D eigenvalue weighted by atomic mass is 9.99. The SMILES string of the molecule is Cn1cc(-c2cccc3c2CNC3)cn1. The molecule has 0 bridgehead atoms. The van der Waals surface area contributed by atoms with Gasteiger partial charge in [0.1, 0.15) is 0 Å². The number of aryl methyl sites for hydroxylation is 1. The van der Waals surface area contributed by atoms with Crippen molar-refractivity contribution in [3.8, 4) is 11.1 Å². The van der Waals surface area contributed by atoms with Crippen LogP contribution in [0.4, 0.5) is 0 Å². The summed E-state index contributed by atoms with van der Waals surface area (Å²) in [5.74, 6) is 0. The van der Waals surface area contributed by atoms with E-state index in [0.717, 1.165) is 13.1 Å². The minimum Gasteiger partial charge on any atom is -0.309 e. The first kappa shape index (κ1) is 8.68. The van der Waals surface area contributed by atoms with Crippen LogP contribution in [0.25, 0.3) is 11.1 Å². The first-order valence-electron chi connectivity index (χ1n) is 5.15. The lowest BCUT2D eigenvalue weighted by Gasteiger charge is -2.04. The molecule has 0 spiro atoms. The van der Waals surface area contributed by atoms with Crippen LogP contribution in [-0.4, -0.2) is 9.78 Å². The molecule has 1 aliphatic rings. The van der Waals surface area contributed by atoms with Gasteiger partial charge in [-0.25, -0.2) is 0 Å². The maximum atomic E-state index is 4.21. The minimum absolute atomic E-state index is 0.973. The van der Waals surface area contributed by atoms with Crippen LogP contribution in [0.1, 0.15) is 11.1 Å². The molecule has 0 aliphatic carbocycles. The molecule has 3 nitrogen and oxygen atoms in total. The van der Waals surface area contributed by atoms with Crippen LogP contribution in [0.15, 0.2) is 30.6 Å². The van der Waals surface area contributed by atoms with E-state index in [1.165, 1.54) is 22.3 Å². The Balaban J connectivity index is 2.16. The van der Waals surface area contributed by atoms with Crippen molar-refractivity contribution in [2.75, 3.05) is 0 Å². The largest absolute Gasteiger partial charge is 0.309 e. The van der Waals surface area contributed by atoms with Crippen LogP contribution >= 0.6 is 0 Å². The molecule has 1 aromatic heterocycles. The van der Waals surface area contributed by atoms with Crippen LogP contribution in [0.5, 0.6) is 0 Å². The molecule has 0 saturated carbocycles. The van der Waals surface area contributed by atoms with Crippen LogP contribution in [0.2, 0.25) is 0 Å². The molecule has 76 valence electrons. The second-order valence-electron chi connectivity index (χ2n) is 3.95. The Morgan fingerprint density at radius 3 is 3.07 bits per heavy atom. The number of fused-ring (bicyclic) bond motifs is 1. The number of aromatic nitrogens is 2. The van der Waals surface area contributed by atoms with Gasteiger partial charge >= 0.3 is 0 Å². The van der Waals surface area contributed by atoms with Crippen molar-refractivity contribution in [2.24, 2.45) is 7.05 Å². The minimum atomic E-state index is 0.973. The van der Waals surface area contributed by atoms with Gasteiger partial charge in [0.15, 0.2) is 0 Å². The highest BCUT2D eigenvalue weighted by Gasteiger charge is 2.15. The summed E-state index contributed by atoms with van der Waals surface area (Å²) in [4.78, 5) is 0. The van der Waals surface area contributed by atoms with Gasteiger partial charge < -0.3 is 5.32 Å². The molecule has 15 heavy (non-hydrogen) atoms. The zero-order valence-electron chi connectivity index (χ0n) is 8.70. The van der Waals surface area contributed by atoms with Crippen molar-refractivity contribution in [2.45, 2.75) is 13.1 Å². The molecule has 0 amide bonds. The lowest BCUT2D eigenvalue weighted by Crippen LogP contribution is -2.00. The molecule has 1 N–H and O–H groups in total. The van der Waals surface area contributed by atoms with Crippen LogP contribution in [0.3, 0.4) is 0 Å². The number of nitrogens with one attached hydrogen (secondary N) is 1. The average Bonchev–Trinajstić information content (AvgIpc) is 2.84. The van der Waals surface area contributed by atoms with Gasteiger partial charge in [-0.05, 0) is 16.7 Å². The Morgan fingerprint density at radius 1 is 1.33 bits per heavy atom. The topological polar surface area (TPSA) is 29.9 Å². The average molecular weight is 199 g/mol. The normalized spacial score (nSPS) is 14.2. The highest BCUT2D eigenvalue weighted by atomic mass is 15.2. The first-order chi connectivity index (χ1) is 7.34. The number of rotatable bonds is 1. The second-order valence-corrected chi connectivity index (χ2v) is 3.95. The van der Waals surface area contributed by atoms with Gasteiger partial charge in [-0.3, -0.25) is 4.68 Å². The number of hydrogen-bond acceptors (Lipinski definition) is 2. The molecule has 2 heterocycles. The summed E-state index contributed by atoms with van der Waals surface area (Å²) >= 11 is 0. The summed E-state index contributed by atoms with van der Waals surface area (Å²) < 4.78 is 1.84. The molecule has 2 aromatic rings. The van der Waals surface area contributed by atoms with E-state index in [9.17, 15) is 0 Å². The van der Waals surface area contributed by atoms with E-state index in [-0.39, 0.29) is 0 Å². The Morgan fingerprint density at radius 2 is 2.27 bits per heavy atom. The molecular formula is C12H13N3. The van der Waals surface area contributed by atoms with E-state index in [4.69, 9.17) is 0 Å². The van der Waals surface area contributed by atoms with Crippen molar-refractivity contribution in [3.05, 3.63) is 41.7 Å². The van der Waals surface area contributed by atoms with Gasteiger partial charge in [0, 0.05) is 31.9 Å². The fourth-order valence-electron chi connectivity index (χ4n) is 2.16. The van der Waals surface area contributed by atoms with E-state index in [1.807, 2.05) is 17.9 Å². The summed E-state index contributed by atoms with van der Waals surface area (Å²) in [6.45, 7) is 1.96. The quantitative estimate of drug-likeness (QED) is 0.757. The molecule has 0 unspecified atom stereocenters. The maximum Gasteiger partial charge on any atom is 0.0568 e. The van der Waals surface area contributed by atoms with E-state index < -0.39 is 0 Å². The molecular weight excluding hydrogens is 186 g/mol. The number of nitrogens with zero attached hydrogens (tertiary/aromatic N) is 2. The monoisotopic (exact) mass is 199 g/mol. The van der Waals surface area contributed by atoms with Crippen molar-refractivity contribution < 1.29 is 0 Å². The third-order valence-corrected chi connectivity index (χ3v) is 2.91. The van der Waals surface area contributed by atoms with Crippen LogP contribution in [0, 0.1) is 0 Å². The predicted octanol–water partition coefficient (Wildman–Crippen LogP) is 1.69. The summed E-state index contributed by atoms with van der Waals surface area (Å²) in [5.41, 5.74) is 5.35. The Labute approximate surface area is 88.7 Å². The zero-order valence-corrected chi connectivity index (χ0v) is 8.70. The zero-order chi connectivity index (χ0) is 10.3. The Kier molecular flexibility index (Phi) is 1.86. The van der Waals surface area contributed by atoms with Gasteiger partial charge in [-0.1, -0.05) is 18.2 Å². The van der Waals surface area contributed by atoms with Crippen molar-refractivity contribution in [1.29, 1.82) is 0 Å². The van der Waals surface area contributed by atoms with E-state index in [2.05, 4.69) is 34.8 Å². The summed E-state index contributed by atoms with van der Waals surface area (Å²) in [7, 11) is 1.95. The summed E-state index contributed by atoms with van der Waals surface area (Å²) in [6.07, 6.45) is 3.99. The Hall–Kier alpha value is -1.61. The molecule has 0 saturated heterocycles.